The maximum atomic E-state index is 12.6. The molecule has 1 aliphatic rings. The van der Waals surface area contributed by atoms with Crippen molar-refractivity contribution in [3.63, 3.8) is 0 Å². The van der Waals surface area contributed by atoms with Crippen LogP contribution in [0, 0.1) is 5.92 Å². The zero-order valence-electron chi connectivity index (χ0n) is 7.87. The summed E-state index contributed by atoms with van der Waals surface area (Å²) in [5, 5.41) is 8.71. The number of hydrogen-bond donors (Lipinski definition) is 1. The molecule has 0 spiro atoms. The average Bonchev–Trinajstić information content (AvgIpc) is 2.04. The van der Waals surface area contributed by atoms with Crippen LogP contribution in [0.15, 0.2) is 0 Å². The van der Waals surface area contributed by atoms with Crippen molar-refractivity contribution in [1.82, 2.24) is 4.90 Å². The van der Waals surface area contributed by atoms with E-state index in [-0.39, 0.29) is 5.92 Å². The van der Waals surface area contributed by atoms with E-state index in [2.05, 4.69) is 0 Å². The highest BCUT2D eigenvalue weighted by molar-refractivity contribution is 5.70. The van der Waals surface area contributed by atoms with Gasteiger partial charge in [-0.25, -0.2) is 4.39 Å². The Morgan fingerprint density at radius 1 is 1.62 bits per heavy atom. The van der Waals surface area contributed by atoms with Gasteiger partial charge in [0, 0.05) is 6.54 Å². The maximum absolute atomic E-state index is 12.6. The first-order valence-corrected chi connectivity index (χ1v) is 4.69. The Hall–Kier alpha value is -0.640. The Morgan fingerprint density at radius 3 is 2.54 bits per heavy atom. The highest BCUT2D eigenvalue weighted by Crippen LogP contribution is 2.17. The van der Waals surface area contributed by atoms with E-state index in [1.807, 2.05) is 4.90 Å². The second-order valence-electron chi connectivity index (χ2n) is 3.69. The predicted octanol–water partition coefficient (Wildman–Crippen LogP) is 1.14. The number of carboxylic acids is 1. The van der Waals surface area contributed by atoms with Crippen LogP contribution in [0.3, 0.4) is 0 Å². The van der Waals surface area contributed by atoms with Crippen LogP contribution in [0.5, 0.6) is 0 Å². The second-order valence-corrected chi connectivity index (χ2v) is 3.69. The van der Waals surface area contributed by atoms with Crippen LogP contribution in [0.4, 0.5) is 4.39 Å². The van der Waals surface area contributed by atoms with Gasteiger partial charge in [0.1, 0.15) is 6.17 Å². The van der Waals surface area contributed by atoms with Crippen molar-refractivity contribution < 1.29 is 14.3 Å². The Kier molecular flexibility index (Phi) is 3.66. The SMILES string of the molecule is CC(F)CN1CCC(C(=O)O)CC1. The fraction of sp³-hybridized carbons (Fsp3) is 0.889. The van der Waals surface area contributed by atoms with E-state index in [1.165, 1.54) is 6.92 Å². The molecule has 1 unspecified atom stereocenters. The van der Waals surface area contributed by atoms with Crippen LogP contribution < -0.4 is 0 Å². The van der Waals surface area contributed by atoms with Crippen molar-refractivity contribution in [2.24, 2.45) is 5.92 Å². The van der Waals surface area contributed by atoms with Gasteiger partial charge in [0.15, 0.2) is 0 Å². The van der Waals surface area contributed by atoms with E-state index in [4.69, 9.17) is 5.11 Å². The van der Waals surface area contributed by atoms with Gasteiger partial charge in [-0.05, 0) is 32.9 Å². The fourth-order valence-electron chi connectivity index (χ4n) is 1.72. The number of aliphatic carboxylic acids is 1. The molecule has 3 nitrogen and oxygen atoms in total. The molecule has 13 heavy (non-hydrogen) atoms. The molecular weight excluding hydrogens is 173 g/mol. The molecule has 76 valence electrons. The van der Waals surface area contributed by atoms with E-state index in [0.29, 0.717) is 32.5 Å². The summed E-state index contributed by atoms with van der Waals surface area (Å²) in [6.45, 7) is 3.39. The van der Waals surface area contributed by atoms with Crippen molar-refractivity contribution >= 4 is 5.97 Å². The highest BCUT2D eigenvalue weighted by Gasteiger charge is 2.24. The van der Waals surface area contributed by atoms with E-state index in [1.54, 1.807) is 0 Å². The largest absolute Gasteiger partial charge is 0.481 e. The molecule has 1 rings (SSSR count). The second kappa shape index (κ2) is 4.56. The monoisotopic (exact) mass is 189 g/mol. The van der Waals surface area contributed by atoms with E-state index >= 15 is 0 Å². The van der Waals surface area contributed by atoms with Gasteiger partial charge in [0.2, 0.25) is 0 Å². The third-order valence-corrected chi connectivity index (χ3v) is 2.45. The number of halogens is 1. The summed E-state index contributed by atoms with van der Waals surface area (Å²) in [5.74, 6) is -0.931. The molecule has 4 heteroatoms. The van der Waals surface area contributed by atoms with Gasteiger partial charge in [0.25, 0.3) is 0 Å². The summed E-state index contributed by atoms with van der Waals surface area (Å²) in [6, 6.07) is 0. The van der Waals surface area contributed by atoms with Crippen molar-refractivity contribution in [3.8, 4) is 0 Å². The Balaban J connectivity index is 2.26. The zero-order chi connectivity index (χ0) is 9.84. The average molecular weight is 189 g/mol. The van der Waals surface area contributed by atoms with Crippen LogP contribution in [0.1, 0.15) is 19.8 Å². The highest BCUT2D eigenvalue weighted by atomic mass is 19.1. The minimum atomic E-state index is -0.818. The van der Waals surface area contributed by atoms with Crippen molar-refractivity contribution in [3.05, 3.63) is 0 Å². The summed E-state index contributed by atoms with van der Waals surface area (Å²) in [4.78, 5) is 12.6. The van der Waals surface area contributed by atoms with Crippen LogP contribution in [0.25, 0.3) is 0 Å². The number of hydrogen-bond acceptors (Lipinski definition) is 2. The summed E-state index contributed by atoms with van der Waals surface area (Å²) >= 11 is 0. The molecule has 1 aliphatic heterocycles. The van der Waals surface area contributed by atoms with Crippen molar-refractivity contribution in [2.75, 3.05) is 19.6 Å². The molecular formula is C9H16FNO2. The topological polar surface area (TPSA) is 40.5 Å². The standard InChI is InChI=1S/C9H16FNO2/c1-7(10)6-11-4-2-8(3-5-11)9(12)13/h7-8H,2-6H2,1H3,(H,12,13). The van der Waals surface area contributed by atoms with Gasteiger partial charge in [0.05, 0.1) is 5.92 Å². The molecule has 0 saturated carbocycles. The number of rotatable bonds is 3. The normalized spacial score (nSPS) is 22.9. The van der Waals surface area contributed by atoms with Crippen molar-refractivity contribution in [2.45, 2.75) is 25.9 Å². The van der Waals surface area contributed by atoms with E-state index < -0.39 is 12.1 Å². The summed E-state index contributed by atoms with van der Waals surface area (Å²) in [5.41, 5.74) is 0. The van der Waals surface area contributed by atoms with Gasteiger partial charge < -0.3 is 10.0 Å². The first-order chi connectivity index (χ1) is 6.09. The van der Waals surface area contributed by atoms with E-state index in [0.717, 1.165) is 0 Å². The summed E-state index contributed by atoms with van der Waals surface area (Å²) < 4.78 is 12.6. The molecule has 0 aromatic carbocycles. The minimum absolute atomic E-state index is 0.217. The third kappa shape index (κ3) is 3.30. The smallest absolute Gasteiger partial charge is 0.306 e. The van der Waals surface area contributed by atoms with Gasteiger partial charge in [-0.1, -0.05) is 0 Å². The van der Waals surface area contributed by atoms with Crippen LogP contribution in [0.2, 0.25) is 0 Å². The molecule has 0 bridgehead atoms. The molecule has 1 saturated heterocycles. The molecule has 1 atom stereocenters. The zero-order valence-corrected chi connectivity index (χ0v) is 7.87. The molecule has 1 N–H and O–H groups in total. The number of nitrogens with zero attached hydrogens (tertiary/aromatic N) is 1. The number of carbonyl (C=O) groups is 1. The first-order valence-electron chi connectivity index (χ1n) is 4.69. The predicted molar refractivity (Wildman–Crippen MR) is 47.4 cm³/mol. The van der Waals surface area contributed by atoms with Gasteiger partial charge in [-0.15, -0.1) is 0 Å². The van der Waals surface area contributed by atoms with Crippen LogP contribution in [-0.2, 0) is 4.79 Å². The number of piperidine rings is 1. The van der Waals surface area contributed by atoms with Crippen molar-refractivity contribution in [1.29, 1.82) is 0 Å². The Labute approximate surface area is 77.5 Å². The van der Waals surface area contributed by atoms with E-state index in [9.17, 15) is 9.18 Å². The first kappa shape index (κ1) is 10.4. The molecule has 1 fully saturated rings. The molecule has 0 aromatic heterocycles. The Morgan fingerprint density at radius 2 is 2.15 bits per heavy atom. The maximum Gasteiger partial charge on any atom is 0.306 e. The fourth-order valence-corrected chi connectivity index (χ4v) is 1.72. The lowest BCUT2D eigenvalue weighted by atomic mass is 9.97. The lowest BCUT2D eigenvalue weighted by molar-refractivity contribution is -0.143. The van der Waals surface area contributed by atoms with Crippen LogP contribution in [-0.4, -0.2) is 41.8 Å². The molecule has 0 amide bonds. The summed E-state index contributed by atoms with van der Waals surface area (Å²) in [6.07, 6.45) is 0.491. The summed E-state index contributed by atoms with van der Waals surface area (Å²) in [7, 11) is 0. The van der Waals surface area contributed by atoms with Crippen LogP contribution >= 0.6 is 0 Å². The number of alkyl halides is 1. The lowest BCUT2D eigenvalue weighted by Crippen LogP contribution is -2.39. The quantitative estimate of drug-likeness (QED) is 0.723. The molecule has 0 aromatic rings. The molecule has 0 aliphatic carbocycles. The number of likely N-dealkylation sites (tertiary alicyclic amines) is 1. The van der Waals surface area contributed by atoms with Gasteiger partial charge >= 0.3 is 5.97 Å². The molecule has 0 radical (unpaired) electrons. The third-order valence-electron chi connectivity index (χ3n) is 2.45. The minimum Gasteiger partial charge on any atom is -0.481 e. The molecule has 1 heterocycles. The van der Waals surface area contributed by atoms with Gasteiger partial charge in [-0.2, -0.15) is 0 Å². The Bertz CT molecular complexity index is 176. The van der Waals surface area contributed by atoms with Gasteiger partial charge in [-0.3, -0.25) is 4.79 Å². The lowest BCUT2D eigenvalue weighted by Gasteiger charge is -2.30. The number of carboxylic acid groups (broad SMARTS) is 1.